The Morgan fingerprint density at radius 2 is 2.29 bits per heavy atom. The van der Waals surface area contributed by atoms with Crippen LogP contribution in [-0.2, 0) is 4.79 Å². The molecule has 0 aliphatic carbocycles. The quantitative estimate of drug-likeness (QED) is 0.797. The molecule has 0 saturated carbocycles. The zero-order chi connectivity index (χ0) is 12.8. The molecular formula is C12H16O5. The van der Waals surface area contributed by atoms with E-state index >= 15 is 0 Å². The maximum Gasteiger partial charge on any atom is 0.316 e. The van der Waals surface area contributed by atoms with Crippen LogP contribution in [0.1, 0.15) is 33.1 Å². The Morgan fingerprint density at radius 3 is 2.88 bits per heavy atom. The van der Waals surface area contributed by atoms with Crippen LogP contribution in [0.2, 0.25) is 0 Å². The van der Waals surface area contributed by atoms with Gasteiger partial charge in [0.2, 0.25) is 5.43 Å². The van der Waals surface area contributed by atoms with E-state index in [0.29, 0.717) is 0 Å². The lowest BCUT2D eigenvalue weighted by molar-refractivity contribution is -0.139. The van der Waals surface area contributed by atoms with Crippen molar-refractivity contribution in [1.29, 1.82) is 0 Å². The van der Waals surface area contributed by atoms with Gasteiger partial charge in [-0.25, -0.2) is 0 Å². The molecule has 1 heterocycles. The molecule has 1 aromatic rings. The van der Waals surface area contributed by atoms with Crippen LogP contribution < -0.4 is 10.2 Å². The largest absolute Gasteiger partial charge is 0.502 e. The summed E-state index contributed by atoms with van der Waals surface area (Å²) in [6.07, 6.45) is 3.53. The third-order valence-corrected chi connectivity index (χ3v) is 2.38. The van der Waals surface area contributed by atoms with E-state index in [-0.39, 0.29) is 11.9 Å². The Kier molecular flexibility index (Phi) is 4.75. The van der Waals surface area contributed by atoms with E-state index in [2.05, 4.69) is 0 Å². The highest BCUT2D eigenvalue weighted by atomic mass is 16.6. The molecule has 0 amide bonds. The highest BCUT2D eigenvalue weighted by Crippen LogP contribution is 2.15. The minimum Gasteiger partial charge on any atom is -0.502 e. The zero-order valence-electron chi connectivity index (χ0n) is 9.93. The molecule has 0 bridgehead atoms. The summed E-state index contributed by atoms with van der Waals surface area (Å²) < 4.78 is 9.66. The van der Waals surface area contributed by atoms with Gasteiger partial charge in [0.05, 0.1) is 12.0 Å². The van der Waals surface area contributed by atoms with E-state index in [1.54, 1.807) is 6.92 Å². The molecule has 1 aromatic heterocycles. The highest BCUT2D eigenvalue weighted by Gasteiger charge is 2.16. The predicted molar refractivity (Wildman–Crippen MR) is 61.0 cm³/mol. The molecule has 0 aliphatic heterocycles. The van der Waals surface area contributed by atoms with Crippen molar-refractivity contribution in [2.45, 2.75) is 33.1 Å². The second-order valence-electron chi connectivity index (χ2n) is 3.91. The van der Waals surface area contributed by atoms with Crippen molar-refractivity contribution in [3.05, 3.63) is 22.6 Å². The molecule has 5 heteroatoms. The lowest BCUT2D eigenvalue weighted by Gasteiger charge is -2.09. The highest BCUT2D eigenvalue weighted by molar-refractivity contribution is 5.74. The van der Waals surface area contributed by atoms with Crippen LogP contribution in [0.3, 0.4) is 0 Å². The zero-order valence-corrected chi connectivity index (χ0v) is 9.93. The Balaban J connectivity index is 2.61. The van der Waals surface area contributed by atoms with Gasteiger partial charge in [-0.3, -0.25) is 9.59 Å². The second kappa shape index (κ2) is 6.08. The van der Waals surface area contributed by atoms with Gasteiger partial charge in [-0.05, 0) is 6.42 Å². The first-order chi connectivity index (χ1) is 8.04. The molecule has 5 nitrogen and oxygen atoms in total. The van der Waals surface area contributed by atoms with Gasteiger partial charge in [0, 0.05) is 0 Å². The molecular weight excluding hydrogens is 224 g/mol. The monoisotopic (exact) mass is 240 g/mol. The maximum absolute atomic E-state index is 11.6. The molecule has 0 aromatic carbocycles. The number of rotatable bonds is 5. The molecule has 1 atom stereocenters. The Hall–Kier alpha value is -1.78. The third kappa shape index (κ3) is 3.94. The first kappa shape index (κ1) is 13.3. The van der Waals surface area contributed by atoms with Gasteiger partial charge in [0.1, 0.15) is 6.26 Å². The van der Waals surface area contributed by atoms with Crippen molar-refractivity contribution in [2.75, 3.05) is 0 Å². The summed E-state index contributed by atoms with van der Waals surface area (Å²) in [5.41, 5.74) is -0.639. The lowest BCUT2D eigenvalue weighted by Crippen LogP contribution is -2.18. The Morgan fingerprint density at radius 1 is 1.59 bits per heavy atom. The van der Waals surface area contributed by atoms with Crippen molar-refractivity contribution in [3.8, 4) is 11.7 Å². The van der Waals surface area contributed by atoms with E-state index in [0.717, 1.165) is 31.6 Å². The van der Waals surface area contributed by atoms with Gasteiger partial charge in [-0.2, -0.15) is 0 Å². The third-order valence-electron chi connectivity index (χ3n) is 2.38. The standard InChI is InChI=1S/C12H16O5/c1-3-4-5-8(2)12(15)17-11-6-9(13)10(14)7-16-11/h6-8,14H,3-5H2,1-2H3. The van der Waals surface area contributed by atoms with Crippen LogP contribution in [0.4, 0.5) is 0 Å². The average Bonchev–Trinajstić information content (AvgIpc) is 2.30. The number of hydrogen-bond acceptors (Lipinski definition) is 5. The molecule has 1 unspecified atom stereocenters. The number of esters is 1. The second-order valence-corrected chi connectivity index (χ2v) is 3.91. The number of ether oxygens (including phenoxy) is 1. The number of aromatic hydroxyl groups is 1. The van der Waals surface area contributed by atoms with Crippen molar-refractivity contribution in [2.24, 2.45) is 5.92 Å². The van der Waals surface area contributed by atoms with Gasteiger partial charge in [0.15, 0.2) is 5.75 Å². The molecule has 17 heavy (non-hydrogen) atoms. The normalized spacial score (nSPS) is 12.1. The number of carbonyl (C=O) groups is 1. The minimum atomic E-state index is -0.639. The summed E-state index contributed by atoms with van der Waals surface area (Å²) in [4.78, 5) is 22.6. The molecule has 1 N–H and O–H groups in total. The van der Waals surface area contributed by atoms with Gasteiger partial charge in [-0.1, -0.05) is 26.7 Å². The van der Waals surface area contributed by atoms with Crippen molar-refractivity contribution >= 4 is 5.97 Å². The van der Waals surface area contributed by atoms with Crippen molar-refractivity contribution < 1.29 is 19.1 Å². The first-order valence-electron chi connectivity index (χ1n) is 5.58. The molecule has 0 saturated heterocycles. The average molecular weight is 240 g/mol. The summed E-state index contributed by atoms with van der Waals surface area (Å²) in [7, 11) is 0. The number of carbonyl (C=O) groups excluding carboxylic acids is 1. The van der Waals surface area contributed by atoms with Gasteiger partial charge >= 0.3 is 5.97 Å². The van der Waals surface area contributed by atoms with Crippen LogP contribution in [0.5, 0.6) is 11.7 Å². The van der Waals surface area contributed by atoms with E-state index in [9.17, 15) is 9.59 Å². The Labute approximate surface area is 99.0 Å². The summed E-state index contributed by atoms with van der Waals surface area (Å²) >= 11 is 0. The molecule has 94 valence electrons. The van der Waals surface area contributed by atoms with Crippen molar-refractivity contribution in [3.63, 3.8) is 0 Å². The summed E-state index contributed by atoms with van der Waals surface area (Å²) in [6.45, 7) is 3.80. The van der Waals surface area contributed by atoms with E-state index in [1.165, 1.54) is 0 Å². The summed E-state index contributed by atoms with van der Waals surface area (Å²) in [6, 6.07) is 0.944. The van der Waals surface area contributed by atoms with E-state index in [1.807, 2.05) is 6.92 Å². The number of hydrogen-bond donors (Lipinski definition) is 1. The van der Waals surface area contributed by atoms with Crippen molar-refractivity contribution in [1.82, 2.24) is 0 Å². The number of unbranched alkanes of at least 4 members (excludes halogenated alkanes) is 1. The molecule has 0 radical (unpaired) electrons. The van der Waals surface area contributed by atoms with Gasteiger partial charge in [0.25, 0.3) is 5.95 Å². The molecule has 0 aliphatic rings. The van der Waals surface area contributed by atoms with Crippen LogP contribution in [0.15, 0.2) is 21.5 Å². The minimum absolute atomic E-state index is 0.193. The smallest absolute Gasteiger partial charge is 0.316 e. The van der Waals surface area contributed by atoms with E-state index < -0.39 is 17.1 Å². The lowest BCUT2D eigenvalue weighted by atomic mass is 10.1. The van der Waals surface area contributed by atoms with Crippen LogP contribution >= 0.6 is 0 Å². The topological polar surface area (TPSA) is 76.7 Å². The molecule has 0 spiro atoms. The fourth-order valence-corrected chi connectivity index (χ4v) is 1.27. The van der Waals surface area contributed by atoms with Gasteiger partial charge < -0.3 is 14.3 Å². The van der Waals surface area contributed by atoms with Gasteiger partial charge in [-0.15, -0.1) is 0 Å². The summed E-state index contributed by atoms with van der Waals surface area (Å²) in [5, 5.41) is 8.96. The SMILES string of the molecule is CCCCC(C)C(=O)Oc1cc(=O)c(O)co1. The van der Waals surface area contributed by atoms with Crippen LogP contribution in [-0.4, -0.2) is 11.1 Å². The van der Waals surface area contributed by atoms with Crippen LogP contribution in [0.25, 0.3) is 0 Å². The fraction of sp³-hybridized carbons (Fsp3) is 0.500. The maximum atomic E-state index is 11.6. The summed E-state index contributed by atoms with van der Waals surface area (Å²) in [5.74, 6) is -1.38. The predicted octanol–water partition coefficient (Wildman–Crippen LogP) is 2.08. The molecule has 1 rings (SSSR count). The van der Waals surface area contributed by atoms with Crippen LogP contribution in [0, 0.1) is 5.92 Å². The Bertz CT molecular complexity index is 435. The van der Waals surface area contributed by atoms with E-state index in [4.69, 9.17) is 14.3 Å². The first-order valence-corrected chi connectivity index (χ1v) is 5.58. The fourth-order valence-electron chi connectivity index (χ4n) is 1.27. The molecule has 0 fully saturated rings.